The van der Waals surface area contributed by atoms with Crippen molar-refractivity contribution in [2.45, 2.75) is 6.92 Å². The van der Waals surface area contributed by atoms with E-state index >= 15 is 0 Å². The van der Waals surface area contributed by atoms with Crippen LogP contribution in [-0.4, -0.2) is 12.1 Å². The standard InChI is InChI=1S/C14H11NO4S/c1-7-10-12(15-14(17)19-13(10)16)20-11(7)8-3-5-9(18-2)6-4-8/h3-6H,1-2H3,(H,15,17). The number of aromatic amines is 1. The number of rotatable bonds is 2. The van der Waals surface area contributed by atoms with Gasteiger partial charge in [0.1, 0.15) is 10.6 Å². The summed E-state index contributed by atoms with van der Waals surface area (Å²) in [5.41, 5.74) is 1.17. The van der Waals surface area contributed by atoms with E-state index < -0.39 is 11.4 Å². The Morgan fingerprint density at radius 1 is 1.20 bits per heavy atom. The van der Waals surface area contributed by atoms with E-state index in [0.29, 0.717) is 10.2 Å². The molecule has 0 unspecified atom stereocenters. The van der Waals surface area contributed by atoms with Crippen molar-refractivity contribution in [2.75, 3.05) is 7.11 Å². The number of fused-ring (bicyclic) bond motifs is 1. The molecule has 0 saturated carbocycles. The van der Waals surface area contributed by atoms with Gasteiger partial charge in [0.2, 0.25) is 0 Å². The van der Waals surface area contributed by atoms with E-state index in [1.165, 1.54) is 11.3 Å². The largest absolute Gasteiger partial charge is 0.497 e. The average molecular weight is 289 g/mol. The number of nitrogens with one attached hydrogen (secondary N) is 1. The van der Waals surface area contributed by atoms with E-state index in [2.05, 4.69) is 9.40 Å². The molecule has 0 aliphatic carbocycles. The lowest BCUT2D eigenvalue weighted by Crippen LogP contribution is -2.13. The number of aromatic nitrogens is 1. The molecular formula is C14H11NO4S. The van der Waals surface area contributed by atoms with Gasteiger partial charge in [0.15, 0.2) is 0 Å². The van der Waals surface area contributed by atoms with Crippen molar-refractivity contribution >= 4 is 21.6 Å². The molecule has 0 aliphatic rings. The van der Waals surface area contributed by atoms with E-state index in [1.807, 2.05) is 31.2 Å². The zero-order chi connectivity index (χ0) is 14.3. The summed E-state index contributed by atoms with van der Waals surface area (Å²) in [4.78, 5) is 27.0. The van der Waals surface area contributed by atoms with Crippen molar-refractivity contribution in [3.63, 3.8) is 0 Å². The molecule has 0 aliphatic heterocycles. The van der Waals surface area contributed by atoms with Gasteiger partial charge in [0.05, 0.1) is 12.5 Å². The van der Waals surface area contributed by atoms with Crippen LogP contribution in [0.4, 0.5) is 0 Å². The maximum Gasteiger partial charge on any atom is 0.420 e. The number of ether oxygens (including phenoxy) is 1. The summed E-state index contributed by atoms with van der Waals surface area (Å²) < 4.78 is 9.70. The summed E-state index contributed by atoms with van der Waals surface area (Å²) in [7, 11) is 1.61. The van der Waals surface area contributed by atoms with Crippen LogP contribution >= 0.6 is 11.3 Å². The Morgan fingerprint density at radius 3 is 2.55 bits per heavy atom. The lowest BCUT2D eigenvalue weighted by molar-refractivity contribution is 0.415. The second kappa shape index (κ2) is 4.64. The Balaban J connectivity index is 2.26. The fourth-order valence-electron chi connectivity index (χ4n) is 2.12. The number of H-pyrrole nitrogens is 1. The molecule has 0 saturated heterocycles. The summed E-state index contributed by atoms with van der Waals surface area (Å²) in [5.74, 6) is 0.0328. The molecule has 3 rings (SSSR count). The molecule has 0 amide bonds. The van der Waals surface area contributed by atoms with Crippen LogP contribution in [0.5, 0.6) is 5.75 Å². The third kappa shape index (κ3) is 1.94. The molecule has 1 N–H and O–H groups in total. The van der Waals surface area contributed by atoms with E-state index in [-0.39, 0.29) is 0 Å². The van der Waals surface area contributed by atoms with Crippen LogP contribution in [0.2, 0.25) is 0 Å². The van der Waals surface area contributed by atoms with Crippen LogP contribution in [0.25, 0.3) is 20.7 Å². The molecule has 20 heavy (non-hydrogen) atoms. The van der Waals surface area contributed by atoms with Gasteiger partial charge < -0.3 is 9.15 Å². The van der Waals surface area contributed by atoms with E-state index in [4.69, 9.17) is 4.74 Å². The predicted octanol–water partition coefficient (Wildman–Crippen LogP) is 2.53. The maximum atomic E-state index is 11.8. The SMILES string of the molecule is COc1ccc(-c2sc3[nH]c(=O)oc(=O)c3c2C)cc1. The predicted molar refractivity (Wildman–Crippen MR) is 77.7 cm³/mol. The van der Waals surface area contributed by atoms with Gasteiger partial charge in [0.25, 0.3) is 0 Å². The van der Waals surface area contributed by atoms with Gasteiger partial charge >= 0.3 is 11.4 Å². The highest BCUT2D eigenvalue weighted by Gasteiger charge is 2.15. The zero-order valence-corrected chi connectivity index (χ0v) is 11.7. The topological polar surface area (TPSA) is 72.3 Å². The van der Waals surface area contributed by atoms with Crippen LogP contribution in [0.3, 0.4) is 0 Å². The number of benzene rings is 1. The molecule has 5 nitrogen and oxygen atoms in total. The Labute approximate surface area is 117 Å². The fourth-order valence-corrected chi connectivity index (χ4v) is 3.30. The second-order valence-corrected chi connectivity index (χ2v) is 5.31. The molecule has 0 radical (unpaired) electrons. The van der Waals surface area contributed by atoms with Crippen molar-refractivity contribution in [3.05, 3.63) is 50.8 Å². The molecule has 0 spiro atoms. The molecule has 102 valence electrons. The van der Waals surface area contributed by atoms with Gasteiger partial charge in [-0.25, -0.2) is 9.59 Å². The third-order valence-corrected chi connectivity index (χ3v) is 4.36. The third-order valence-electron chi connectivity index (χ3n) is 3.10. The monoisotopic (exact) mass is 289 g/mol. The van der Waals surface area contributed by atoms with Crippen LogP contribution in [-0.2, 0) is 0 Å². The van der Waals surface area contributed by atoms with Crippen molar-refractivity contribution in [1.29, 1.82) is 0 Å². The average Bonchev–Trinajstić information content (AvgIpc) is 2.76. The first-order valence-electron chi connectivity index (χ1n) is 5.91. The van der Waals surface area contributed by atoms with Crippen LogP contribution in [0.1, 0.15) is 5.56 Å². The van der Waals surface area contributed by atoms with E-state index in [9.17, 15) is 9.59 Å². The second-order valence-electron chi connectivity index (χ2n) is 4.29. The quantitative estimate of drug-likeness (QED) is 0.787. The van der Waals surface area contributed by atoms with Crippen LogP contribution in [0.15, 0.2) is 38.3 Å². The highest BCUT2D eigenvalue weighted by Crippen LogP contribution is 2.35. The molecule has 0 atom stereocenters. The van der Waals surface area contributed by atoms with Crippen molar-refractivity contribution in [3.8, 4) is 16.2 Å². The smallest absolute Gasteiger partial charge is 0.420 e. The number of thiophene rings is 1. The maximum absolute atomic E-state index is 11.8. The van der Waals surface area contributed by atoms with E-state index in [1.54, 1.807) is 7.11 Å². The van der Waals surface area contributed by atoms with Crippen LogP contribution in [0, 0.1) is 6.92 Å². The molecule has 3 aromatic rings. The molecule has 2 aromatic heterocycles. The normalized spacial score (nSPS) is 10.9. The first-order valence-corrected chi connectivity index (χ1v) is 6.72. The fraction of sp³-hybridized carbons (Fsp3) is 0.143. The lowest BCUT2D eigenvalue weighted by atomic mass is 10.1. The lowest BCUT2D eigenvalue weighted by Gasteiger charge is -2.02. The Kier molecular flexibility index (Phi) is 2.94. The number of hydrogen-bond donors (Lipinski definition) is 1. The molecule has 0 bridgehead atoms. The Hall–Kier alpha value is -2.34. The minimum atomic E-state index is -0.731. The van der Waals surface area contributed by atoms with Crippen molar-refractivity contribution < 1.29 is 9.15 Å². The number of aryl methyl sites for hydroxylation is 1. The van der Waals surface area contributed by atoms with Gasteiger partial charge in [-0.1, -0.05) is 0 Å². The molecular weight excluding hydrogens is 278 g/mol. The van der Waals surface area contributed by atoms with Gasteiger partial charge in [-0.2, -0.15) is 0 Å². The van der Waals surface area contributed by atoms with Gasteiger partial charge in [-0.05, 0) is 42.3 Å². The van der Waals surface area contributed by atoms with E-state index in [0.717, 1.165) is 21.8 Å². The molecule has 1 aromatic carbocycles. The van der Waals surface area contributed by atoms with Gasteiger partial charge in [-0.3, -0.25) is 4.98 Å². The summed E-state index contributed by atoms with van der Waals surface area (Å²) in [6.07, 6.45) is 0. The summed E-state index contributed by atoms with van der Waals surface area (Å²) in [5, 5.41) is 0.431. The highest BCUT2D eigenvalue weighted by atomic mass is 32.1. The number of methoxy groups -OCH3 is 1. The van der Waals surface area contributed by atoms with Crippen molar-refractivity contribution in [1.82, 2.24) is 4.98 Å². The van der Waals surface area contributed by atoms with Crippen molar-refractivity contribution in [2.24, 2.45) is 0 Å². The minimum Gasteiger partial charge on any atom is -0.497 e. The Morgan fingerprint density at radius 2 is 1.90 bits per heavy atom. The van der Waals surface area contributed by atoms with Gasteiger partial charge in [0, 0.05) is 4.88 Å². The summed E-state index contributed by atoms with van der Waals surface area (Å²) >= 11 is 1.36. The molecule has 6 heteroatoms. The summed E-state index contributed by atoms with van der Waals surface area (Å²) in [6.45, 7) is 1.84. The van der Waals surface area contributed by atoms with Gasteiger partial charge in [-0.15, -0.1) is 11.3 Å². The zero-order valence-electron chi connectivity index (χ0n) is 10.9. The summed E-state index contributed by atoms with van der Waals surface area (Å²) in [6, 6.07) is 7.53. The molecule has 2 heterocycles. The first-order chi connectivity index (χ1) is 9.60. The Bertz CT molecular complexity index is 886. The number of hydrogen-bond acceptors (Lipinski definition) is 5. The first kappa shape index (κ1) is 12.7. The molecule has 0 fully saturated rings. The minimum absolute atomic E-state index is 0.431. The van der Waals surface area contributed by atoms with Crippen LogP contribution < -0.4 is 16.1 Å². The highest BCUT2D eigenvalue weighted by molar-refractivity contribution is 7.22.